The number of nitrogens with one attached hydrogen (secondary N) is 1. The van der Waals surface area contributed by atoms with Crippen molar-refractivity contribution in [2.24, 2.45) is 11.7 Å². The fourth-order valence-electron chi connectivity index (χ4n) is 1.28. The second kappa shape index (κ2) is 5.53. The molecule has 1 aromatic heterocycles. The zero-order valence-electron chi connectivity index (χ0n) is 8.46. The minimum absolute atomic E-state index is 0.289. The molecule has 0 radical (unpaired) electrons. The Hall–Kier alpha value is -0.320. The molecule has 14 heavy (non-hydrogen) atoms. The molecule has 1 unspecified atom stereocenters. The van der Waals surface area contributed by atoms with Crippen LogP contribution in [0.1, 0.15) is 20.3 Å². The van der Waals surface area contributed by atoms with E-state index < -0.39 is 0 Å². The summed E-state index contributed by atoms with van der Waals surface area (Å²) in [6, 6.07) is 0.289. The van der Waals surface area contributed by atoms with Crippen LogP contribution < -0.4 is 11.1 Å². The maximum atomic E-state index is 5.72. The molecular formula is C9H16ClN3S. The first kappa shape index (κ1) is 11.8. The van der Waals surface area contributed by atoms with E-state index in [0.717, 1.165) is 11.6 Å². The van der Waals surface area contributed by atoms with Crippen LogP contribution in [0.15, 0.2) is 5.38 Å². The van der Waals surface area contributed by atoms with Crippen LogP contribution in [0.5, 0.6) is 0 Å². The fraction of sp³-hybridized carbons (Fsp3) is 0.667. The number of hydrogen-bond donors (Lipinski definition) is 2. The van der Waals surface area contributed by atoms with E-state index in [1.54, 1.807) is 0 Å². The molecule has 3 N–H and O–H groups in total. The Labute approximate surface area is 93.7 Å². The highest BCUT2D eigenvalue weighted by atomic mass is 35.5. The van der Waals surface area contributed by atoms with Gasteiger partial charge >= 0.3 is 0 Å². The number of nitrogens with zero attached hydrogens (tertiary/aromatic N) is 1. The third-order valence-corrected chi connectivity index (χ3v) is 2.94. The van der Waals surface area contributed by atoms with E-state index in [9.17, 15) is 0 Å². The van der Waals surface area contributed by atoms with Crippen LogP contribution in [0.25, 0.3) is 0 Å². The third kappa shape index (κ3) is 3.82. The summed E-state index contributed by atoms with van der Waals surface area (Å²) in [6.07, 6.45) is 1.05. The van der Waals surface area contributed by atoms with E-state index in [0.29, 0.717) is 17.6 Å². The summed E-state index contributed by atoms with van der Waals surface area (Å²) in [4.78, 5) is 4.12. The van der Waals surface area contributed by atoms with Gasteiger partial charge in [-0.05, 0) is 12.3 Å². The zero-order chi connectivity index (χ0) is 10.6. The average molecular weight is 234 g/mol. The van der Waals surface area contributed by atoms with Crippen molar-refractivity contribution in [2.45, 2.75) is 26.3 Å². The van der Waals surface area contributed by atoms with Crippen LogP contribution >= 0.6 is 22.9 Å². The molecule has 0 saturated heterocycles. The molecule has 0 aliphatic carbocycles. The fourth-order valence-corrected chi connectivity index (χ4v) is 2.19. The molecule has 1 atom stereocenters. The predicted molar refractivity (Wildman–Crippen MR) is 63.0 cm³/mol. The molecule has 0 spiro atoms. The smallest absolute Gasteiger partial charge is 0.184 e. The largest absolute Gasteiger partial charge is 0.357 e. The van der Waals surface area contributed by atoms with Crippen LogP contribution in [0, 0.1) is 5.92 Å². The lowest BCUT2D eigenvalue weighted by atomic mass is 10.0. The molecular weight excluding hydrogens is 218 g/mol. The molecule has 0 fully saturated rings. The van der Waals surface area contributed by atoms with Crippen molar-refractivity contribution in [2.75, 3.05) is 11.9 Å². The van der Waals surface area contributed by atoms with Gasteiger partial charge in [0.15, 0.2) is 5.13 Å². The molecule has 0 aliphatic rings. The molecule has 0 amide bonds. The number of nitrogens with two attached hydrogens (primary N) is 1. The molecule has 1 aromatic rings. The van der Waals surface area contributed by atoms with Crippen LogP contribution in [0.4, 0.5) is 5.13 Å². The van der Waals surface area contributed by atoms with Crippen molar-refractivity contribution in [3.63, 3.8) is 0 Å². The number of hydrogen-bond acceptors (Lipinski definition) is 4. The van der Waals surface area contributed by atoms with Crippen LogP contribution in [0.3, 0.4) is 0 Å². The average Bonchev–Trinajstić information content (AvgIpc) is 2.49. The van der Waals surface area contributed by atoms with E-state index in [1.165, 1.54) is 11.3 Å². The van der Waals surface area contributed by atoms with Crippen LogP contribution in [-0.4, -0.2) is 17.6 Å². The summed E-state index contributed by atoms with van der Waals surface area (Å²) in [6.45, 7) is 4.98. The molecule has 0 saturated carbocycles. The van der Waals surface area contributed by atoms with Gasteiger partial charge in [0.2, 0.25) is 0 Å². The highest BCUT2D eigenvalue weighted by Gasteiger charge is 2.10. The van der Waals surface area contributed by atoms with Crippen LogP contribution in [-0.2, 0) is 0 Å². The van der Waals surface area contributed by atoms with E-state index in [1.807, 2.05) is 5.38 Å². The Morgan fingerprint density at radius 3 is 2.79 bits per heavy atom. The number of halogens is 1. The number of aromatic nitrogens is 1. The van der Waals surface area contributed by atoms with Gasteiger partial charge < -0.3 is 11.1 Å². The second-order valence-corrected chi connectivity index (χ2v) is 4.93. The first-order chi connectivity index (χ1) is 6.61. The molecule has 0 bridgehead atoms. The van der Waals surface area contributed by atoms with E-state index >= 15 is 0 Å². The molecule has 5 heteroatoms. The van der Waals surface area contributed by atoms with Crippen LogP contribution in [0.2, 0.25) is 5.15 Å². The topological polar surface area (TPSA) is 50.9 Å². The van der Waals surface area contributed by atoms with Crippen molar-refractivity contribution in [1.29, 1.82) is 0 Å². The minimum atomic E-state index is 0.289. The number of thiazole rings is 1. The molecule has 0 aliphatic heterocycles. The SMILES string of the molecule is CC(C)CC(CN)Nc1nc(Cl)cs1. The lowest BCUT2D eigenvalue weighted by molar-refractivity contribution is 0.522. The quantitative estimate of drug-likeness (QED) is 0.822. The second-order valence-electron chi connectivity index (χ2n) is 3.68. The Morgan fingerprint density at radius 1 is 1.64 bits per heavy atom. The standard InChI is InChI=1S/C9H16ClN3S/c1-6(2)3-7(4-11)12-9-13-8(10)5-14-9/h5-7H,3-4,11H2,1-2H3,(H,12,13). The Balaban J connectivity index is 2.48. The van der Waals surface area contributed by atoms with Gasteiger partial charge in [0.05, 0.1) is 0 Å². The highest BCUT2D eigenvalue weighted by molar-refractivity contribution is 7.14. The first-order valence-corrected chi connectivity index (χ1v) is 5.95. The van der Waals surface area contributed by atoms with Crippen molar-refractivity contribution < 1.29 is 0 Å². The summed E-state index contributed by atoms with van der Waals surface area (Å²) in [7, 11) is 0. The third-order valence-electron chi connectivity index (χ3n) is 1.84. The predicted octanol–water partition coefficient (Wildman–Crippen LogP) is 2.58. The number of rotatable bonds is 5. The van der Waals surface area contributed by atoms with Gasteiger partial charge in [-0.25, -0.2) is 4.98 Å². The molecule has 3 nitrogen and oxygen atoms in total. The lowest BCUT2D eigenvalue weighted by Gasteiger charge is -2.17. The van der Waals surface area contributed by atoms with Crippen molar-refractivity contribution >= 4 is 28.1 Å². The monoisotopic (exact) mass is 233 g/mol. The molecule has 1 heterocycles. The molecule has 0 aromatic carbocycles. The van der Waals surface area contributed by atoms with E-state index in [2.05, 4.69) is 24.1 Å². The van der Waals surface area contributed by atoms with Gasteiger partial charge in [0.1, 0.15) is 5.15 Å². The van der Waals surface area contributed by atoms with Gasteiger partial charge in [-0.3, -0.25) is 0 Å². The number of anilines is 1. The van der Waals surface area contributed by atoms with Gasteiger partial charge in [0, 0.05) is 18.0 Å². The van der Waals surface area contributed by atoms with Gasteiger partial charge in [-0.1, -0.05) is 25.4 Å². The normalized spacial score (nSPS) is 13.2. The van der Waals surface area contributed by atoms with Gasteiger partial charge in [-0.2, -0.15) is 0 Å². The van der Waals surface area contributed by atoms with E-state index in [-0.39, 0.29) is 6.04 Å². The lowest BCUT2D eigenvalue weighted by Crippen LogP contribution is -2.30. The highest BCUT2D eigenvalue weighted by Crippen LogP contribution is 2.20. The molecule has 1 rings (SSSR count). The van der Waals surface area contributed by atoms with Crippen molar-refractivity contribution in [3.8, 4) is 0 Å². The Morgan fingerprint density at radius 2 is 2.36 bits per heavy atom. The summed E-state index contributed by atoms with van der Waals surface area (Å²) in [5, 5.41) is 6.48. The van der Waals surface area contributed by atoms with E-state index in [4.69, 9.17) is 17.3 Å². The van der Waals surface area contributed by atoms with Crippen molar-refractivity contribution in [3.05, 3.63) is 10.5 Å². The van der Waals surface area contributed by atoms with Gasteiger partial charge in [0.25, 0.3) is 0 Å². The summed E-state index contributed by atoms with van der Waals surface area (Å²) >= 11 is 7.23. The Kier molecular flexibility index (Phi) is 4.65. The first-order valence-electron chi connectivity index (χ1n) is 4.69. The minimum Gasteiger partial charge on any atom is -0.357 e. The maximum Gasteiger partial charge on any atom is 0.184 e. The molecule has 80 valence electrons. The van der Waals surface area contributed by atoms with Gasteiger partial charge in [-0.15, -0.1) is 11.3 Å². The summed E-state index contributed by atoms with van der Waals surface area (Å²) in [5.41, 5.74) is 5.66. The maximum absolute atomic E-state index is 5.72. The Bertz CT molecular complexity index is 275. The summed E-state index contributed by atoms with van der Waals surface area (Å²) in [5.74, 6) is 0.631. The zero-order valence-corrected chi connectivity index (χ0v) is 10.0. The summed E-state index contributed by atoms with van der Waals surface area (Å²) < 4.78 is 0. The van der Waals surface area contributed by atoms with Crippen molar-refractivity contribution in [1.82, 2.24) is 4.98 Å².